The molecule has 0 saturated carbocycles. The summed E-state index contributed by atoms with van der Waals surface area (Å²) in [5.74, 6) is 2.37. The molecule has 2 saturated heterocycles. The van der Waals surface area contributed by atoms with Gasteiger partial charge in [-0.15, -0.1) is 6.42 Å². The number of carbonyl (C=O) groups excluding carboxylic acids is 3. The van der Waals surface area contributed by atoms with Crippen molar-refractivity contribution >= 4 is 46.5 Å². The molecule has 9 heteroatoms. The maximum atomic E-state index is 12.8. The number of nitrogens with zero attached hydrogens (tertiary/aromatic N) is 2. The molecule has 1 aromatic rings. The molecule has 7 nitrogen and oxygen atoms in total. The number of hydrogen-bond donors (Lipinski definition) is 0. The van der Waals surface area contributed by atoms with Crippen LogP contribution in [0.15, 0.2) is 17.0 Å². The maximum absolute atomic E-state index is 12.8. The molecular formula is C22H23ClN2O5S. The lowest BCUT2D eigenvalue weighted by atomic mass is 10.1. The maximum Gasteiger partial charge on any atom is 0.294 e. The van der Waals surface area contributed by atoms with Crippen LogP contribution in [0.1, 0.15) is 31.7 Å². The smallest absolute Gasteiger partial charge is 0.294 e. The van der Waals surface area contributed by atoms with E-state index >= 15 is 0 Å². The Bertz CT molecular complexity index is 950. The predicted molar refractivity (Wildman–Crippen MR) is 120 cm³/mol. The van der Waals surface area contributed by atoms with Crippen molar-refractivity contribution in [2.45, 2.75) is 26.2 Å². The molecule has 0 spiro atoms. The number of amides is 3. The van der Waals surface area contributed by atoms with Crippen LogP contribution in [-0.4, -0.2) is 59.7 Å². The second kappa shape index (κ2) is 10.6. The van der Waals surface area contributed by atoms with Crippen LogP contribution < -0.4 is 9.47 Å². The summed E-state index contributed by atoms with van der Waals surface area (Å²) in [4.78, 5) is 40.6. The lowest BCUT2D eigenvalue weighted by molar-refractivity contribution is -0.136. The number of rotatable bonds is 7. The number of benzene rings is 1. The van der Waals surface area contributed by atoms with Crippen LogP contribution >= 0.6 is 23.4 Å². The van der Waals surface area contributed by atoms with Gasteiger partial charge in [0, 0.05) is 13.1 Å². The fourth-order valence-corrected chi connectivity index (χ4v) is 4.47. The predicted octanol–water partition coefficient (Wildman–Crippen LogP) is 3.80. The van der Waals surface area contributed by atoms with Gasteiger partial charge in [-0.1, -0.05) is 17.5 Å². The number of likely N-dealkylation sites (tertiary alicyclic amines) is 1. The van der Waals surface area contributed by atoms with Crippen molar-refractivity contribution in [1.82, 2.24) is 9.80 Å². The topological polar surface area (TPSA) is 76.2 Å². The number of halogens is 1. The van der Waals surface area contributed by atoms with E-state index in [2.05, 4.69) is 5.92 Å². The number of thioether (sulfide) groups is 1. The number of carbonyl (C=O) groups is 3. The molecule has 164 valence electrons. The Kier molecular flexibility index (Phi) is 7.88. The fraction of sp³-hybridized carbons (Fsp3) is 0.409. The normalized spacial score (nSPS) is 17.8. The number of ether oxygens (including phenoxy) is 2. The Morgan fingerprint density at radius 3 is 2.68 bits per heavy atom. The standard InChI is InChI=1S/C22H23ClN2O5S/c1-3-10-30-20-16(23)11-15(12-17(20)29-4-2)13-18-21(27)25(22(28)31-18)14-19(26)24-8-6-5-7-9-24/h1,11-13H,4-10,14H2,2H3/b18-13-. The molecule has 2 aliphatic heterocycles. The molecule has 1 aromatic carbocycles. The number of terminal acetylenes is 1. The Morgan fingerprint density at radius 2 is 2.00 bits per heavy atom. The summed E-state index contributed by atoms with van der Waals surface area (Å²) in [6, 6.07) is 3.26. The molecule has 0 radical (unpaired) electrons. The van der Waals surface area contributed by atoms with Gasteiger partial charge in [0.15, 0.2) is 11.5 Å². The van der Waals surface area contributed by atoms with Crippen LogP contribution in [0.2, 0.25) is 5.02 Å². The van der Waals surface area contributed by atoms with E-state index in [1.807, 2.05) is 6.92 Å². The van der Waals surface area contributed by atoms with Gasteiger partial charge in [0.05, 0.1) is 16.5 Å². The van der Waals surface area contributed by atoms with E-state index in [-0.39, 0.29) is 29.0 Å². The average Bonchev–Trinajstić information content (AvgIpc) is 3.01. The average molecular weight is 463 g/mol. The third-order valence-corrected chi connectivity index (χ3v) is 5.99. The lowest BCUT2D eigenvalue weighted by Gasteiger charge is -2.27. The highest BCUT2D eigenvalue weighted by Crippen LogP contribution is 2.39. The van der Waals surface area contributed by atoms with E-state index in [1.54, 1.807) is 23.1 Å². The molecule has 2 fully saturated rings. The summed E-state index contributed by atoms with van der Waals surface area (Å²) < 4.78 is 11.0. The van der Waals surface area contributed by atoms with Crippen molar-refractivity contribution in [3.63, 3.8) is 0 Å². The molecule has 0 aromatic heterocycles. The first-order valence-electron chi connectivity index (χ1n) is 10.00. The largest absolute Gasteiger partial charge is 0.490 e. The molecular weight excluding hydrogens is 440 g/mol. The molecule has 3 rings (SSSR count). The zero-order chi connectivity index (χ0) is 22.4. The van der Waals surface area contributed by atoms with Crippen LogP contribution in [0.25, 0.3) is 6.08 Å². The van der Waals surface area contributed by atoms with Crippen LogP contribution in [0.5, 0.6) is 11.5 Å². The minimum absolute atomic E-state index is 0.0308. The quantitative estimate of drug-likeness (QED) is 0.453. The van der Waals surface area contributed by atoms with E-state index in [9.17, 15) is 14.4 Å². The van der Waals surface area contributed by atoms with Gasteiger partial charge in [-0.05, 0) is 61.7 Å². The summed E-state index contributed by atoms with van der Waals surface area (Å²) in [6.45, 7) is 3.31. The van der Waals surface area contributed by atoms with Crippen molar-refractivity contribution in [3.05, 3.63) is 27.6 Å². The third kappa shape index (κ3) is 5.54. The Labute approximate surface area is 190 Å². The van der Waals surface area contributed by atoms with Crippen LogP contribution in [0.4, 0.5) is 4.79 Å². The highest BCUT2D eigenvalue weighted by Gasteiger charge is 2.37. The van der Waals surface area contributed by atoms with Crippen molar-refractivity contribution in [2.24, 2.45) is 0 Å². The summed E-state index contributed by atoms with van der Waals surface area (Å²) in [7, 11) is 0. The molecule has 2 heterocycles. The molecule has 31 heavy (non-hydrogen) atoms. The zero-order valence-electron chi connectivity index (χ0n) is 17.2. The first-order chi connectivity index (χ1) is 14.9. The third-order valence-electron chi connectivity index (χ3n) is 4.81. The first-order valence-corrected chi connectivity index (χ1v) is 11.2. The van der Waals surface area contributed by atoms with Crippen LogP contribution in [-0.2, 0) is 9.59 Å². The van der Waals surface area contributed by atoms with Gasteiger partial charge < -0.3 is 14.4 Å². The summed E-state index contributed by atoms with van der Waals surface area (Å²) >= 11 is 7.11. The van der Waals surface area contributed by atoms with E-state index < -0.39 is 11.1 Å². The zero-order valence-corrected chi connectivity index (χ0v) is 18.8. The highest BCUT2D eigenvalue weighted by molar-refractivity contribution is 8.18. The Balaban J connectivity index is 1.78. The molecule has 0 N–H and O–H groups in total. The lowest BCUT2D eigenvalue weighted by Crippen LogP contribution is -2.44. The van der Waals surface area contributed by atoms with Gasteiger partial charge >= 0.3 is 0 Å². The Hall–Kier alpha value is -2.63. The molecule has 0 unspecified atom stereocenters. The van der Waals surface area contributed by atoms with Crippen molar-refractivity contribution in [3.8, 4) is 23.8 Å². The minimum Gasteiger partial charge on any atom is -0.490 e. The van der Waals surface area contributed by atoms with Gasteiger partial charge in [-0.25, -0.2) is 0 Å². The second-order valence-electron chi connectivity index (χ2n) is 6.97. The Morgan fingerprint density at radius 1 is 1.26 bits per heavy atom. The monoisotopic (exact) mass is 462 g/mol. The minimum atomic E-state index is -0.498. The van der Waals surface area contributed by atoms with E-state index in [4.69, 9.17) is 27.5 Å². The van der Waals surface area contributed by atoms with Gasteiger partial charge in [-0.2, -0.15) is 0 Å². The van der Waals surface area contributed by atoms with Crippen molar-refractivity contribution < 1.29 is 23.9 Å². The summed E-state index contributed by atoms with van der Waals surface area (Å²) in [5, 5.41) is -0.196. The van der Waals surface area contributed by atoms with Gasteiger partial charge in [-0.3, -0.25) is 19.3 Å². The van der Waals surface area contributed by atoms with Gasteiger partial charge in [0.25, 0.3) is 11.1 Å². The molecule has 0 atom stereocenters. The van der Waals surface area contributed by atoms with Crippen molar-refractivity contribution in [2.75, 3.05) is 32.8 Å². The van der Waals surface area contributed by atoms with Crippen molar-refractivity contribution in [1.29, 1.82) is 0 Å². The molecule has 0 aliphatic carbocycles. The molecule has 0 bridgehead atoms. The van der Waals surface area contributed by atoms with E-state index in [0.717, 1.165) is 35.9 Å². The summed E-state index contributed by atoms with van der Waals surface area (Å²) in [6.07, 6.45) is 9.77. The molecule has 2 aliphatic rings. The van der Waals surface area contributed by atoms with Gasteiger partial charge in [0.1, 0.15) is 13.2 Å². The van der Waals surface area contributed by atoms with E-state index in [1.165, 1.54) is 0 Å². The van der Waals surface area contributed by atoms with Crippen LogP contribution in [0.3, 0.4) is 0 Å². The van der Waals surface area contributed by atoms with Crippen LogP contribution in [0, 0.1) is 12.3 Å². The fourth-order valence-electron chi connectivity index (χ4n) is 3.35. The summed E-state index contributed by atoms with van der Waals surface area (Å²) in [5.41, 5.74) is 0.564. The van der Waals surface area contributed by atoms with Gasteiger partial charge in [0.2, 0.25) is 5.91 Å². The second-order valence-corrected chi connectivity index (χ2v) is 8.37. The number of piperidine rings is 1. The highest BCUT2D eigenvalue weighted by atomic mass is 35.5. The number of imide groups is 1. The SMILES string of the molecule is C#CCOc1c(Cl)cc(/C=C2\SC(=O)N(CC(=O)N3CCCCC3)C2=O)cc1OCC. The molecule has 3 amide bonds. The number of hydrogen-bond acceptors (Lipinski definition) is 6. The first kappa shape index (κ1) is 23.0. The van der Waals surface area contributed by atoms with E-state index in [0.29, 0.717) is 36.8 Å².